The molecule has 0 aliphatic carbocycles. The lowest BCUT2D eigenvalue weighted by atomic mass is 9.92. The Morgan fingerprint density at radius 3 is 2.79 bits per heavy atom. The van der Waals surface area contributed by atoms with Crippen molar-refractivity contribution in [1.29, 1.82) is 0 Å². The summed E-state index contributed by atoms with van der Waals surface area (Å²) in [6.45, 7) is 3.71. The fourth-order valence-corrected chi connectivity index (χ4v) is 3.60. The Hall–Kier alpha value is -1.75. The average molecular weight is 335 g/mol. The summed E-state index contributed by atoms with van der Waals surface area (Å²) >= 11 is 0. The summed E-state index contributed by atoms with van der Waals surface area (Å²) < 4.78 is 11.1. The number of methoxy groups -OCH3 is 2. The Morgan fingerprint density at radius 1 is 1.38 bits per heavy atom. The molecule has 1 N–H and O–H groups in total. The molecule has 0 amide bonds. The molecule has 1 fully saturated rings. The van der Waals surface area contributed by atoms with E-state index in [-0.39, 0.29) is 12.0 Å². The summed E-state index contributed by atoms with van der Waals surface area (Å²) in [5, 5.41) is 9.40. The van der Waals surface area contributed by atoms with Gasteiger partial charge in [0, 0.05) is 18.2 Å². The van der Waals surface area contributed by atoms with E-state index in [9.17, 15) is 9.90 Å². The maximum Gasteiger partial charge on any atom is 0.307 e. The molecule has 0 aromatic heterocycles. The third-order valence-electron chi connectivity index (χ3n) is 4.87. The number of unbranched alkanes of at least 4 members (excludes halogenated alkanes) is 1. The van der Waals surface area contributed by atoms with Crippen LogP contribution in [0.3, 0.4) is 0 Å². The number of hydrogen-bond acceptors (Lipinski definition) is 4. The zero-order chi connectivity index (χ0) is 17.5. The quantitative estimate of drug-likeness (QED) is 0.784. The van der Waals surface area contributed by atoms with E-state index in [1.165, 1.54) is 0 Å². The second-order valence-electron chi connectivity index (χ2n) is 6.41. The molecule has 2 rings (SSSR count). The molecule has 5 heteroatoms. The molecule has 0 bridgehead atoms. The van der Waals surface area contributed by atoms with Gasteiger partial charge in [-0.3, -0.25) is 9.69 Å². The monoisotopic (exact) mass is 335 g/mol. The molecule has 1 aliphatic heterocycles. The predicted molar refractivity (Wildman–Crippen MR) is 93.7 cm³/mol. The van der Waals surface area contributed by atoms with Gasteiger partial charge in [-0.25, -0.2) is 0 Å². The van der Waals surface area contributed by atoms with Gasteiger partial charge in [-0.2, -0.15) is 0 Å². The third-order valence-corrected chi connectivity index (χ3v) is 4.87. The minimum absolute atomic E-state index is 0.164. The van der Waals surface area contributed by atoms with Crippen molar-refractivity contribution in [2.75, 3.05) is 27.3 Å². The number of aliphatic carboxylic acids is 1. The summed E-state index contributed by atoms with van der Waals surface area (Å²) in [6, 6.07) is 6.12. The highest BCUT2D eigenvalue weighted by atomic mass is 16.5. The van der Waals surface area contributed by atoms with Crippen molar-refractivity contribution in [3.05, 3.63) is 23.8 Å². The Morgan fingerprint density at radius 2 is 2.17 bits per heavy atom. The molecule has 1 aromatic rings. The van der Waals surface area contributed by atoms with E-state index in [1.54, 1.807) is 14.2 Å². The van der Waals surface area contributed by atoms with Gasteiger partial charge in [-0.15, -0.1) is 0 Å². The molecule has 0 radical (unpaired) electrons. The zero-order valence-electron chi connectivity index (χ0n) is 15.0. The molecule has 24 heavy (non-hydrogen) atoms. The Kier molecular flexibility index (Phi) is 6.91. The van der Waals surface area contributed by atoms with Crippen LogP contribution in [0.15, 0.2) is 18.2 Å². The van der Waals surface area contributed by atoms with Crippen LogP contribution in [-0.2, 0) is 4.79 Å². The molecule has 1 aliphatic rings. The van der Waals surface area contributed by atoms with Crippen molar-refractivity contribution in [2.24, 2.45) is 5.92 Å². The van der Waals surface area contributed by atoms with Crippen molar-refractivity contribution in [1.82, 2.24) is 4.90 Å². The SMILES string of the molecule is CCCCC(c1cccc(OC)c1OC)N1CCCC(C(=O)O)C1. The predicted octanol–water partition coefficient (Wildman–Crippen LogP) is 3.73. The Balaban J connectivity index is 2.33. The van der Waals surface area contributed by atoms with E-state index in [0.29, 0.717) is 6.54 Å². The molecule has 0 saturated carbocycles. The van der Waals surface area contributed by atoms with E-state index in [1.807, 2.05) is 12.1 Å². The van der Waals surface area contributed by atoms with Gasteiger partial charge in [-0.05, 0) is 31.9 Å². The highest BCUT2D eigenvalue weighted by Gasteiger charge is 2.31. The summed E-state index contributed by atoms with van der Waals surface area (Å²) in [4.78, 5) is 13.7. The Bertz CT molecular complexity index is 546. The van der Waals surface area contributed by atoms with Crippen LogP contribution in [0.5, 0.6) is 11.5 Å². The molecular weight excluding hydrogens is 306 g/mol. The minimum Gasteiger partial charge on any atom is -0.493 e. The molecule has 2 atom stereocenters. The van der Waals surface area contributed by atoms with Crippen molar-refractivity contribution < 1.29 is 19.4 Å². The number of benzene rings is 1. The molecule has 2 unspecified atom stereocenters. The second kappa shape index (κ2) is 8.92. The standard InChI is InChI=1S/C19H29NO4/c1-4-5-10-16(20-12-7-8-14(13-20)19(21)22)15-9-6-11-17(23-2)18(15)24-3/h6,9,11,14,16H,4-5,7-8,10,12-13H2,1-3H3,(H,21,22). The summed E-state index contributed by atoms with van der Waals surface area (Å²) in [6.07, 6.45) is 4.89. The van der Waals surface area contributed by atoms with Crippen LogP contribution in [0.25, 0.3) is 0 Å². The van der Waals surface area contributed by atoms with E-state index < -0.39 is 5.97 Å². The molecule has 1 aromatic carbocycles. The fourth-order valence-electron chi connectivity index (χ4n) is 3.60. The van der Waals surface area contributed by atoms with Gasteiger partial charge in [0.1, 0.15) is 0 Å². The summed E-state index contributed by atoms with van der Waals surface area (Å²) in [5.74, 6) is 0.521. The molecule has 1 saturated heterocycles. The van der Waals surface area contributed by atoms with Gasteiger partial charge in [0.2, 0.25) is 0 Å². The number of piperidine rings is 1. The first-order valence-electron chi connectivity index (χ1n) is 8.80. The minimum atomic E-state index is -0.688. The number of ether oxygens (including phenoxy) is 2. The number of hydrogen-bond donors (Lipinski definition) is 1. The average Bonchev–Trinajstić information content (AvgIpc) is 2.61. The van der Waals surface area contributed by atoms with Crippen molar-refractivity contribution >= 4 is 5.97 Å². The summed E-state index contributed by atoms with van der Waals surface area (Å²) in [7, 11) is 3.30. The number of rotatable bonds is 8. The van der Waals surface area contributed by atoms with Gasteiger partial charge in [-0.1, -0.05) is 31.9 Å². The fraction of sp³-hybridized carbons (Fsp3) is 0.632. The van der Waals surface area contributed by atoms with E-state index >= 15 is 0 Å². The largest absolute Gasteiger partial charge is 0.493 e. The van der Waals surface area contributed by atoms with Crippen LogP contribution in [0, 0.1) is 5.92 Å². The topological polar surface area (TPSA) is 59.0 Å². The van der Waals surface area contributed by atoms with Gasteiger partial charge in [0.15, 0.2) is 11.5 Å². The van der Waals surface area contributed by atoms with Crippen LogP contribution in [-0.4, -0.2) is 43.3 Å². The number of likely N-dealkylation sites (tertiary alicyclic amines) is 1. The highest BCUT2D eigenvalue weighted by Crippen LogP contribution is 2.40. The van der Waals surface area contributed by atoms with Crippen molar-refractivity contribution in [2.45, 2.75) is 45.1 Å². The number of para-hydroxylation sites is 1. The van der Waals surface area contributed by atoms with Crippen molar-refractivity contribution in [3.8, 4) is 11.5 Å². The first-order valence-corrected chi connectivity index (χ1v) is 8.80. The maximum absolute atomic E-state index is 11.4. The molecule has 5 nitrogen and oxygen atoms in total. The molecule has 1 heterocycles. The zero-order valence-corrected chi connectivity index (χ0v) is 15.0. The van der Waals surface area contributed by atoms with Crippen LogP contribution < -0.4 is 9.47 Å². The van der Waals surface area contributed by atoms with Crippen LogP contribution in [0.1, 0.15) is 50.6 Å². The highest BCUT2D eigenvalue weighted by molar-refractivity contribution is 5.70. The van der Waals surface area contributed by atoms with Crippen LogP contribution in [0.2, 0.25) is 0 Å². The van der Waals surface area contributed by atoms with Gasteiger partial charge in [0.05, 0.1) is 20.1 Å². The van der Waals surface area contributed by atoms with Gasteiger partial charge >= 0.3 is 5.97 Å². The number of nitrogens with zero attached hydrogens (tertiary/aromatic N) is 1. The normalized spacial score (nSPS) is 19.7. The van der Waals surface area contributed by atoms with Gasteiger partial charge < -0.3 is 14.6 Å². The first-order chi connectivity index (χ1) is 11.6. The second-order valence-corrected chi connectivity index (χ2v) is 6.41. The first kappa shape index (κ1) is 18.6. The van der Waals surface area contributed by atoms with Crippen molar-refractivity contribution in [3.63, 3.8) is 0 Å². The van der Waals surface area contributed by atoms with E-state index in [2.05, 4.69) is 17.9 Å². The maximum atomic E-state index is 11.4. The molecule has 0 spiro atoms. The van der Waals surface area contributed by atoms with E-state index in [0.717, 1.165) is 55.7 Å². The van der Waals surface area contributed by atoms with Gasteiger partial charge in [0.25, 0.3) is 0 Å². The number of carboxylic acids is 1. The Labute approximate surface area is 144 Å². The molecule has 134 valence electrons. The van der Waals surface area contributed by atoms with E-state index in [4.69, 9.17) is 9.47 Å². The lowest BCUT2D eigenvalue weighted by molar-refractivity contribution is -0.144. The number of carbonyl (C=O) groups is 1. The number of carboxylic acid groups (broad SMARTS) is 1. The molecular formula is C19H29NO4. The van der Waals surface area contributed by atoms with Crippen LogP contribution >= 0.6 is 0 Å². The third kappa shape index (κ3) is 4.20. The summed E-state index contributed by atoms with van der Waals surface area (Å²) in [5.41, 5.74) is 1.09. The van der Waals surface area contributed by atoms with Crippen LogP contribution in [0.4, 0.5) is 0 Å². The smallest absolute Gasteiger partial charge is 0.307 e. The lowest BCUT2D eigenvalue weighted by Gasteiger charge is -2.38. The lowest BCUT2D eigenvalue weighted by Crippen LogP contribution is -2.41.